The minimum Gasteiger partial charge on any atom is -0.493 e. The number of benzene rings is 2. The highest BCUT2D eigenvalue weighted by atomic mass is 19.4. The highest BCUT2D eigenvalue weighted by Gasteiger charge is 2.46. The molecule has 0 amide bonds. The molecule has 2 unspecified atom stereocenters. The van der Waals surface area contributed by atoms with Crippen LogP contribution in [0.15, 0.2) is 67.0 Å². The third kappa shape index (κ3) is 3.95. The molecule has 0 spiro atoms. The van der Waals surface area contributed by atoms with Crippen LogP contribution in [0.25, 0.3) is 16.9 Å². The predicted octanol–water partition coefficient (Wildman–Crippen LogP) is 5.41. The summed E-state index contributed by atoms with van der Waals surface area (Å²) >= 11 is 0. The van der Waals surface area contributed by atoms with Gasteiger partial charge in [-0.25, -0.2) is 9.36 Å². The first-order chi connectivity index (χ1) is 16.4. The fraction of sp³-hybridized carbons (Fsp3) is 0.250. The molecule has 1 aliphatic heterocycles. The molecule has 0 saturated heterocycles. The van der Waals surface area contributed by atoms with E-state index in [0.717, 1.165) is 10.4 Å². The first-order valence-corrected chi connectivity index (χ1v) is 10.6. The van der Waals surface area contributed by atoms with Crippen LogP contribution in [0.2, 0.25) is 0 Å². The van der Waals surface area contributed by atoms with Gasteiger partial charge in [0.15, 0.2) is 17.5 Å². The van der Waals surface area contributed by atoms with Crippen molar-refractivity contribution < 1.29 is 22.6 Å². The zero-order valence-corrected chi connectivity index (χ0v) is 18.5. The van der Waals surface area contributed by atoms with Crippen LogP contribution in [-0.2, 0) is 0 Å². The van der Waals surface area contributed by atoms with Gasteiger partial charge in [0.1, 0.15) is 5.82 Å². The lowest BCUT2D eigenvalue weighted by Gasteiger charge is -2.33. The lowest BCUT2D eigenvalue weighted by atomic mass is 9.96. The molecule has 0 bridgehead atoms. The van der Waals surface area contributed by atoms with E-state index < -0.39 is 18.3 Å². The largest absolute Gasteiger partial charge is 0.493 e. The number of anilines is 1. The van der Waals surface area contributed by atoms with Gasteiger partial charge >= 0.3 is 6.18 Å². The van der Waals surface area contributed by atoms with Gasteiger partial charge in [0.25, 0.3) is 0 Å². The molecule has 5 rings (SSSR count). The van der Waals surface area contributed by atoms with Crippen LogP contribution in [-0.4, -0.2) is 40.0 Å². The molecule has 7 nitrogen and oxygen atoms in total. The Morgan fingerprint density at radius 1 is 1.00 bits per heavy atom. The summed E-state index contributed by atoms with van der Waals surface area (Å²) in [6, 6.07) is 13.6. The number of aromatic nitrogens is 4. The minimum absolute atomic E-state index is 0.208. The molecule has 0 radical (unpaired) electrons. The number of methoxy groups -OCH3 is 2. The van der Waals surface area contributed by atoms with Crippen molar-refractivity contribution in [3.05, 3.63) is 72.6 Å². The number of halogens is 3. The van der Waals surface area contributed by atoms with E-state index in [9.17, 15) is 13.2 Å². The summed E-state index contributed by atoms with van der Waals surface area (Å²) in [6.07, 6.45) is -1.22. The van der Waals surface area contributed by atoms with Crippen molar-refractivity contribution in [1.29, 1.82) is 0 Å². The fourth-order valence-electron chi connectivity index (χ4n) is 4.23. The number of hydrogen-bond acceptors (Lipinski definition) is 5. The van der Waals surface area contributed by atoms with E-state index in [1.807, 2.05) is 24.3 Å². The van der Waals surface area contributed by atoms with Crippen LogP contribution in [0.1, 0.15) is 24.1 Å². The molecule has 0 fully saturated rings. The van der Waals surface area contributed by atoms with Crippen molar-refractivity contribution >= 4 is 5.82 Å². The lowest BCUT2D eigenvalue weighted by Crippen LogP contribution is -2.35. The number of fused-ring (bicyclic) bond motifs is 1. The van der Waals surface area contributed by atoms with E-state index in [1.54, 1.807) is 47.4 Å². The van der Waals surface area contributed by atoms with Gasteiger partial charge in [-0.05, 0) is 35.9 Å². The highest BCUT2D eigenvalue weighted by Crippen LogP contribution is 2.45. The maximum Gasteiger partial charge on any atom is 0.410 e. The van der Waals surface area contributed by atoms with Crippen molar-refractivity contribution in [2.24, 2.45) is 0 Å². The molecule has 0 aliphatic carbocycles. The topological polar surface area (TPSA) is 66.1 Å². The van der Waals surface area contributed by atoms with Crippen molar-refractivity contribution in [1.82, 2.24) is 19.6 Å². The zero-order chi connectivity index (χ0) is 23.9. The predicted molar refractivity (Wildman–Crippen MR) is 120 cm³/mol. The van der Waals surface area contributed by atoms with Crippen LogP contribution in [0.3, 0.4) is 0 Å². The van der Waals surface area contributed by atoms with Crippen molar-refractivity contribution in [2.45, 2.75) is 24.7 Å². The molecule has 1 aliphatic rings. The molecule has 1 N–H and O–H groups in total. The first kappa shape index (κ1) is 21.9. The quantitative estimate of drug-likeness (QED) is 0.423. The van der Waals surface area contributed by atoms with E-state index in [-0.39, 0.29) is 6.42 Å². The highest BCUT2D eigenvalue weighted by molar-refractivity contribution is 5.66. The van der Waals surface area contributed by atoms with Crippen LogP contribution >= 0.6 is 0 Å². The summed E-state index contributed by atoms with van der Waals surface area (Å²) in [5.41, 5.74) is 2.59. The Kier molecular flexibility index (Phi) is 5.43. The lowest BCUT2D eigenvalue weighted by molar-refractivity contribution is -0.173. The van der Waals surface area contributed by atoms with Gasteiger partial charge in [0.05, 0.1) is 31.6 Å². The molecular weight excluding hydrogens is 447 g/mol. The third-order valence-corrected chi connectivity index (χ3v) is 5.91. The summed E-state index contributed by atoms with van der Waals surface area (Å²) in [7, 11) is 3.00. The van der Waals surface area contributed by atoms with Crippen molar-refractivity contribution in [3.63, 3.8) is 0 Å². The summed E-state index contributed by atoms with van der Waals surface area (Å²) < 4.78 is 55.6. The normalized spacial score (nSPS) is 17.7. The van der Waals surface area contributed by atoms with Gasteiger partial charge in [-0.3, -0.25) is 0 Å². The van der Waals surface area contributed by atoms with Crippen LogP contribution in [0.5, 0.6) is 11.5 Å². The molecule has 4 aromatic rings. The van der Waals surface area contributed by atoms with Crippen LogP contribution in [0, 0.1) is 0 Å². The van der Waals surface area contributed by atoms with E-state index in [1.165, 1.54) is 14.2 Å². The Labute approximate surface area is 193 Å². The molecule has 10 heteroatoms. The second-order valence-electron chi connectivity index (χ2n) is 7.96. The molecule has 3 heterocycles. The fourth-order valence-corrected chi connectivity index (χ4v) is 4.23. The Hall–Kier alpha value is -3.95. The van der Waals surface area contributed by atoms with E-state index >= 15 is 0 Å². The first-order valence-electron chi connectivity index (χ1n) is 10.6. The zero-order valence-electron chi connectivity index (χ0n) is 18.5. The van der Waals surface area contributed by atoms with E-state index in [4.69, 9.17) is 9.47 Å². The van der Waals surface area contributed by atoms with Gasteiger partial charge in [0, 0.05) is 30.4 Å². The van der Waals surface area contributed by atoms with Gasteiger partial charge in [-0.1, -0.05) is 18.2 Å². The Balaban J connectivity index is 1.53. The molecule has 34 heavy (non-hydrogen) atoms. The Bertz CT molecular complexity index is 1300. The van der Waals surface area contributed by atoms with E-state index in [0.29, 0.717) is 34.1 Å². The number of nitrogens with zero attached hydrogens (tertiary/aromatic N) is 4. The summed E-state index contributed by atoms with van der Waals surface area (Å²) in [4.78, 5) is 0. The van der Waals surface area contributed by atoms with Gasteiger partial charge in [0.2, 0.25) is 0 Å². The average molecular weight is 469 g/mol. The number of hydrogen-bond donors (Lipinski definition) is 1. The Morgan fingerprint density at radius 3 is 2.53 bits per heavy atom. The summed E-state index contributed by atoms with van der Waals surface area (Å²) in [5.74, 6) is 1.27. The van der Waals surface area contributed by atoms with E-state index in [2.05, 4.69) is 15.5 Å². The second-order valence-corrected chi connectivity index (χ2v) is 7.96. The molecule has 176 valence electrons. The monoisotopic (exact) mass is 469 g/mol. The molecule has 2 atom stereocenters. The number of alkyl halides is 3. The van der Waals surface area contributed by atoms with Crippen LogP contribution < -0.4 is 14.8 Å². The van der Waals surface area contributed by atoms with Gasteiger partial charge in [-0.2, -0.15) is 23.4 Å². The molecular formula is C24H22F3N5O2. The summed E-state index contributed by atoms with van der Waals surface area (Å²) in [5, 5.41) is 11.8. The smallest absolute Gasteiger partial charge is 0.410 e. The number of nitrogens with one attached hydrogen (secondary N) is 1. The Morgan fingerprint density at radius 2 is 1.82 bits per heavy atom. The average Bonchev–Trinajstić information content (AvgIpc) is 3.52. The van der Waals surface area contributed by atoms with Gasteiger partial charge in [-0.15, -0.1) is 0 Å². The second kappa shape index (κ2) is 8.44. The van der Waals surface area contributed by atoms with Gasteiger partial charge < -0.3 is 14.8 Å². The molecule has 2 aromatic carbocycles. The SMILES string of the molecule is COc1ccc(C2CC(C(F)(F)F)n3nc(-c4cccc(-n5cccn5)c4)cc3N2)cc1OC. The number of ether oxygens (including phenoxy) is 2. The molecule has 2 aromatic heterocycles. The standard InChI is InChI=1S/C24H22F3N5O2/c1-33-20-8-7-16(12-21(20)34-2)18-13-22(24(25,26)27)32-23(29-18)14-19(30-32)15-5-3-6-17(11-15)31-10-4-9-28-31/h3-12,14,18,22,29H,13H2,1-2H3. The minimum atomic E-state index is -4.47. The number of rotatable bonds is 5. The maximum atomic E-state index is 14.1. The van der Waals surface area contributed by atoms with Crippen LogP contribution in [0.4, 0.5) is 19.0 Å². The third-order valence-electron chi connectivity index (χ3n) is 5.91. The van der Waals surface area contributed by atoms with Crippen molar-refractivity contribution in [2.75, 3.05) is 19.5 Å². The maximum absolute atomic E-state index is 14.1. The summed E-state index contributed by atoms with van der Waals surface area (Å²) in [6.45, 7) is 0. The molecule has 0 saturated carbocycles. The van der Waals surface area contributed by atoms with Crippen molar-refractivity contribution in [3.8, 4) is 28.4 Å².